The molecular weight excluding hydrogens is 276 g/mol. The third-order valence-corrected chi connectivity index (χ3v) is 7.86. The largest absolute Gasteiger partial charge is 0.395 e. The monoisotopic (exact) mass is 296 g/mol. The van der Waals surface area contributed by atoms with Crippen molar-refractivity contribution in [3.63, 3.8) is 0 Å². The second-order valence-electron chi connectivity index (χ2n) is 6.01. The van der Waals surface area contributed by atoms with Gasteiger partial charge >= 0.3 is 0 Å². The zero-order chi connectivity index (χ0) is 14.3. The van der Waals surface area contributed by atoms with Crippen LogP contribution in [0.1, 0.15) is 31.2 Å². The molecule has 0 aromatic heterocycles. The molecule has 2 saturated carbocycles. The van der Waals surface area contributed by atoms with Gasteiger partial charge in [0.1, 0.15) is 0 Å². The molecule has 1 aromatic rings. The van der Waals surface area contributed by atoms with E-state index >= 15 is 0 Å². The highest BCUT2D eigenvalue weighted by atomic mass is 32.2. The van der Waals surface area contributed by atoms with Crippen LogP contribution in [-0.2, 0) is 21.2 Å². The fraction of sp³-hybridized carbons (Fsp3) is 0.600. The van der Waals surface area contributed by atoms with Crippen molar-refractivity contribution in [2.24, 2.45) is 0 Å². The third-order valence-electron chi connectivity index (χ3n) is 4.52. The number of ether oxygens (including phenoxy) is 1. The topological polar surface area (TPSA) is 63.6 Å². The fourth-order valence-electron chi connectivity index (χ4n) is 2.67. The molecule has 3 rings (SSSR count). The molecule has 0 spiro atoms. The molecule has 0 amide bonds. The van der Waals surface area contributed by atoms with Gasteiger partial charge in [0.05, 0.1) is 29.3 Å². The molecule has 0 radical (unpaired) electrons. The molecule has 5 heteroatoms. The SMILES string of the molecule is O=S(=O)(C1(CO)CC1)C1(COCc2ccccc2)CC1. The van der Waals surface area contributed by atoms with Crippen LogP contribution in [0, 0.1) is 0 Å². The molecule has 0 unspecified atom stereocenters. The minimum atomic E-state index is -3.30. The van der Waals surface area contributed by atoms with Gasteiger partial charge in [0.25, 0.3) is 0 Å². The van der Waals surface area contributed by atoms with Crippen LogP contribution in [-0.4, -0.2) is 36.2 Å². The summed E-state index contributed by atoms with van der Waals surface area (Å²) in [5.41, 5.74) is 1.05. The Balaban J connectivity index is 1.63. The van der Waals surface area contributed by atoms with E-state index in [9.17, 15) is 13.5 Å². The molecule has 2 fully saturated rings. The second kappa shape index (κ2) is 4.83. The van der Waals surface area contributed by atoms with Crippen molar-refractivity contribution in [1.29, 1.82) is 0 Å². The Morgan fingerprint density at radius 1 is 1.05 bits per heavy atom. The van der Waals surface area contributed by atoms with Gasteiger partial charge in [-0.3, -0.25) is 0 Å². The molecule has 1 N–H and O–H groups in total. The number of benzene rings is 1. The Kier molecular flexibility index (Phi) is 3.39. The van der Waals surface area contributed by atoms with Crippen LogP contribution in [0.15, 0.2) is 30.3 Å². The van der Waals surface area contributed by atoms with E-state index in [1.807, 2.05) is 30.3 Å². The van der Waals surface area contributed by atoms with Crippen LogP contribution >= 0.6 is 0 Å². The summed E-state index contributed by atoms with van der Waals surface area (Å²) in [5.74, 6) is 0. The molecule has 0 aliphatic heterocycles. The zero-order valence-electron chi connectivity index (χ0n) is 11.4. The van der Waals surface area contributed by atoms with Crippen molar-refractivity contribution in [3.05, 3.63) is 35.9 Å². The molecule has 0 saturated heterocycles. The van der Waals surface area contributed by atoms with E-state index in [2.05, 4.69) is 0 Å². The van der Waals surface area contributed by atoms with Gasteiger partial charge in [0.2, 0.25) is 0 Å². The summed E-state index contributed by atoms with van der Waals surface area (Å²) in [5, 5.41) is 9.37. The number of rotatable bonds is 7. The van der Waals surface area contributed by atoms with Crippen LogP contribution in [0.5, 0.6) is 0 Å². The third kappa shape index (κ3) is 2.18. The highest BCUT2D eigenvalue weighted by Crippen LogP contribution is 2.56. The van der Waals surface area contributed by atoms with Gasteiger partial charge in [-0.15, -0.1) is 0 Å². The number of aliphatic hydroxyl groups is 1. The Hall–Kier alpha value is -0.910. The van der Waals surface area contributed by atoms with Crippen LogP contribution in [0.4, 0.5) is 0 Å². The Bertz CT molecular complexity index is 571. The predicted octanol–water partition coefficient (Wildman–Crippen LogP) is 1.68. The van der Waals surface area contributed by atoms with Gasteiger partial charge in [-0.05, 0) is 31.2 Å². The summed E-state index contributed by atoms with van der Waals surface area (Å²) >= 11 is 0. The summed E-state index contributed by atoms with van der Waals surface area (Å²) in [6.07, 6.45) is 2.50. The van der Waals surface area contributed by atoms with E-state index in [0.717, 1.165) is 5.56 Å². The summed E-state index contributed by atoms with van der Waals surface area (Å²) in [6, 6.07) is 9.74. The van der Waals surface area contributed by atoms with E-state index in [4.69, 9.17) is 4.74 Å². The lowest BCUT2D eigenvalue weighted by Crippen LogP contribution is -2.40. The van der Waals surface area contributed by atoms with E-state index < -0.39 is 19.3 Å². The predicted molar refractivity (Wildman–Crippen MR) is 76.0 cm³/mol. The Morgan fingerprint density at radius 3 is 2.15 bits per heavy atom. The zero-order valence-corrected chi connectivity index (χ0v) is 12.2. The van der Waals surface area contributed by atoms with Crippen molar-refractivity contribution in [1.82, 2.24) is 0 Å². The van der Waals surface area contributed by atoms with Gasteiger partial charge < -0.3 is 9.84 Å². The van der Waals surface area contributed by atoms with E-state index in [1.54, 1.807) is 0 Å². The quantitative estimate of drug-likeness (QED) is 0.831. The molecule has 2 aliphatic rings. The van der Waals surface area contributed by atoms with Gasteiger partial charge in [0.15, 0.2) is 9.84 Å². The van der Waals surface area contributed by atoms with Crippen LogP contribution in [0.25, 0.3) is 0 Å². The van der Waals surface area contributed by atoms with Crippen molar-refractivity contribution in [3.8, 4) is 0 Å². The van der Waals surface area contributed by atoms with Crippen LogP contribution < -0.4 is 0 Å². The maximum atomic E-state index is 12.6. The standard InChI is InChI=1S/C15H20O4S/c16-11-14(6-7-14)20(17,18)15(8-9-15)12-19-10-13-4-2-1-3-5-13/h1-5,16H,6-12H2. The van der Waals surface area contributed by atoms with Crippen molar-refractivity contribution >= 4 is 9.84 Å². The van der Waals surface area contributed by atoms with Crippen LogP contribution in [0.3, 0.4) is 0 Å². The first kappa shape index (κ1) is 14.0. The molecular formula is C15H20O4S. The van der Waals surface area contributed by atoms with Gasteiger partial charge in [-0.25, -0.2) is 8.42 Å². The second-order valence-corrected chi connectivity index (χ2v) is 8.74. The minimum absolute atomic E-state index is 0.242. The Labute approximate surface area is 119 Å². The van der Waals surface area contributed by atoms with Crippen molar-refractivity contribution < 1.29 is 18.3 Å². The first-order chi connectivity index (χ1) is 9.55. The lowest BCUT2D eigenvalue weighted by atomic mass is 10.2. The summed E-state index contributed by atoms with van der Waals surface area (Å²) in [6.45, 7) is 0.423. The molecule has 0 heterocycles. The summed E-state index contributed by atoms with van der Waals surface area (Å²) in [4.78, 5) is 0. The lowest BCUT2D eigenvalue weighted by molar-refractivity contribution is 0.115. The van der Waals surface area contributed by atoms with Gasteiger partial charge in [-0.1, -0.05) is 30.3 Å². The van der Waals surface area contributed by atoms with Crippen LogP contribution in [0.2, 0.25) is 0 Å². The normalized spacial score (nSPS) is 22.4. The van der Waals surface area contributed by atoms with E-state index in [1.165, 1.54) is 0 Å². The van der Waals surface area contributed by atoms with Crippen molar-refractivity contribution in [2.45, 2.75) is 41.8 Å². The average molecular weight is 296 g/mol. The molecule has 1 aromatic carbocycles. The fourth-order valence-corrected chi connectivity index (χ4v) is 5.28. The molecule has 2 aliphatic carbocycles. The molecule has 20 heavy (non-hydrogen) atoms. The first-order valence-electron chi connectivity index (χ1n) is 7.02. The Morgan fingerprint density at radius 2 is 1.65 bits per heavy atom. The molecule has 110 valence electrons. The molecule has 4 nitrogen and oxygen atoms in total. The number of hydrogen-bond donors (Lipinski definition) is 1. The summed E-state index contributed by atoms with van der Waals surface area (Å²) in [7, 11) is -3.30. The highest BCUT2D eigenvalue weighted by molar-refractivity contribution is 7.94. The maximum absolute atomic E-state index is 12.6. The molecule has 0 atom stereocenters. The number of aliphatic hydroxyl groups excluding tert-OH is 1. The summed E-state index contributed by atoms with van der Waals surface area (Å²) < 4.78 is 29.3. The van der Waals surface area contributed by atoms with Gasteiger partial charge in [-0.2, -0.15) is 0 Å². The smallest absolute Gasteiger partial charge is 0.166 e. The minimum Gasteiger partial charge on any atom is -0.395 e. The number of hydrogen-bond acceptors (Lipinski definition) is 4. The highest BCUT2D eigenvalue weighted by Gasteiger charge is 2.67. The average Bonchev–Trinajstić information content (AvgIpc) is 3.34. The number of sulfone groups is 1. The molecule has 0 bridgehead atoms. The first-order valence-corrected chi connectivity index (χ1v) is 8.50. The maximum Gasteiger partial charge on any atom is 0.166 e. The van der Waals surface area contributed by atoms with E-state index in [-0.39, 0.29) is 13.2 Å². The van der Waals surface area contributed by atoms with Crippen molar-refractivity contribution in [2.75, 3.05) is 13.2 Å². The lowest BCUT2D eigenvalue weighted by Gasteiger charge is -2.22. The van der Waals surface area contributed by atoms with E-state index in [0.29, 0.717) is 32.3 Å². The van der Waals surface area contributed by atoms with Gasteiger partial charge in [0, 0.05) is 0 Å².